The molecule has 0 spiro atoms. The normalized spacial score (nSPS) is 24.4. The molecule has 2 atom stereocenters. The Hall–Kier alpha value is -1.51. The minimum Gasteiger partial charge on any atom is -0.269 e. The molecule has 2 aromatic carbocycles. The smallest absolute Gasteiger partial charge is 0.0921 e. The summed E-state index contributed by atoms with van der Waals surface area (Å²) in [6.07, 6.45) is 2.27. The standard InChI is InChI=1S/C16H14ClNO/c17-13-6-7-15-12(8-13)9-14-10-16(18(15)19-14)11-4-2-1-3-5-11/h1-8,14,16H,9-10H2/t14-,16+/m1/s1. The van der Waals surface area contributed by atoms with Crippen molar-refractivity contribution in [1.29, 1.82) is 0 Å². The molecule has 4 rings (SSSR count). The third-order valence-electron chi connectivity index (χ3n) is 3.94. The van der Waals surface area contributed by atoms with E-state index >= 15 is 0 Å². The van der Waals surface area contributed by atoms with Gasteiger partial charge in [-0.05, 0) is 29.3 Å². The molecule has 96 valence electrons. The van der Waals surface area contributed by atoms with Crippen molar-refractivity contribution in [2.45, 2.75) is 25.0 Å². The first-order valence-corrected chi connectivity index (χ1v) is 6.98. The Labute approximate surface area is 117 Å². The van der Waals surface area contributed by atoms with Gasteiger partial charge in [0, 0.05) is 17.9 Å². The summed E-state index contributed by atoms with van der Waals surface area (Å²) in [5, 5.41) is 2.87. The van der Waals surface area contributed by atoms with Crippen molar-refractivity contribution in [3.8, 4) is 0 Å². The molecule has 0 amide bonds. The summed E-state index contributed by atoms with van der Waals surface area (Å²) in [4.78, 5) is 6.02. The maximum absolute atomic E-state index is 6.09. The van der Waals surface area contributed by atoms with E-state index < -0.39 is 0 Å². The Morgan fingerprint density at radius 3 is 2.79 bits per heavy atom. The van der Waals surface area contributed by atoms with E-state index in [9.17, 15) is 0 Å². The van der Waals surface area contributed by atoms with E-state index in [1.807, 2.05) is 6.07 Å². The molecular weight excluding hydrogens is 258 g/mol. The van der Waals surface area contributed by atoms with Crippen LogP contribution in [0.15, 0.2) is 48.5 Å². The van der Waals surface area contributed by atoms with Gasteiger partial charge in [-0.2, -0.15) is 0 Å². The highest BCUT2D eigenvalue weighted by atomic mass is 35.5. The van der Waals surface area contributed by atoms with Crippen LogP contribution in [0.1, 0.15) is 23.6 Å². The van der Waals surface area contributed by atoms with Crippen LogP contribution >= 0.6 is 11.6 Å². The van der Waals surface area contributed by atoms with Gasteiger partial charge in [-0.15, -0.1) is 0 Å². The number of fused-ring (bicyclic) bond motifs is 4. The lowest BCUT2D eigenvalue weighted by atomic mass is 10.0. The molecule has 0 aliphatic carbocycles. The zero-order chi connectivity index (χ0) is 12.8. The van der Waals surface area contributed by atoms with Crippen LogP contribution in [0.25, 0.3) is 0 Å². The summed E-state index contributed by atoms with van der Waals surface area (Å²) < 4.78 is 0. The van der Waals surface area contributed by atoms with E-state index in [-0.39, 0.29) is 6.10 Å². The highest BCUT2D eigenvalue weighted by Gasteiger charge is 2.39. The summed E-state index contributed by atoms with van der Waals surface area (Å²) >= 11 is 6.09. The van der Waals surface area contributed by atoms with Crippen LogP contribution in [0.4, 0.5) is 5.69 Å². The van der Waals surface area contributed by atoms with Crippen molar-refractivity contribution in [1.82, 2.24) is 0 Å². The molecule has 0 unspecified atom stereocenters. The van der Waals surface area contributed by atoms with E-state index in [1.54, 1.807) is 0 Å². The maximum atomic E-state index is 6.09. The molecule has 1 saturated heterocycles. The van der Waals surface area contributed by atoms with Crippen LogP contribution < -0.4 is 5.06 Å². The molecular formula is C16H14ClNO. The number of rotatable bonds is 1. The van der Waals surface area contributed by atoms with Gasteiger partial charge in [-0.25, -0.2) is 5.06 Å². The topological polar surface area (TPSA) is 12.5 Å². The number of anilines is 1. The minimum absolute atomic E-state index is 0.274. The van der Waals surface area contributed by atoms with E-state index in [0.717, 1.165) is 23.6 Å². The Morgan fingerprint density at radius 2 is 1.95 bits per heavy atom. The summed E-state index contributed by atoms with van der Waals surface area (Å²) in [5.74, 6) is 0. The lowest BCUT2D eigenvalue weighted by molar-refractivity contribution is 0.0734. The summed E-state index contributed by atoms with van der Waals surface area (Å²) in [6.45, 7) is 0. The van der Waals surface area contributed by atoms with Crippen molar-refractivity contribution in [3.63, 3.8) is 0 Å². The fourth-order valence-corrected chi connectivity index (χ4v) is 3.29. The largest absolute Gasteiger partial charge is 0.269 e. The fraction of sp³-hybridized carbons (Fsp3) is 0.250. The van der Waals surface area contributed by atoms with Crippen molar-refractivity contribution in [2.24, 2.45) is 0 Å². The zero-order valence-electron chi connectivity index (χ0n) is 10.4. The number of hydrogen-bond acceptors (Lipinski definition) is 2. The van der Waals surface area contributed by atoms with Crippen molar-refractivity contribution >= 4 is 17.3 Å². The van der Waals surface area contributed by atoms with Gasteiger partial charge in [-0.3, -0.25) is 4.84 Å². The van der Waals surface area contributed by atoms with Gasteiger partial charge < -0.3 is 0 Å². The molecule has 1 fully saturated rings. The van der Waals surface area contributed by atoms with E-state index in [2.05, 4.69) is 47.5 Å². The minimum atomic E-state index is 0.274. The average molecular weight is 272 g/mol. The molecule has 2 heterocycles. The molecule has 2 aliphatic rings. The molecule has 0 N–H and O–H groups in total. The molecule has 2 aliphatic heterocycles. The van der Waals surface area contributed by atoms with E-state index in [0.29, 0.717) is 6.04 Å². The summed E-state index contributed by atoms with van der Waals surface area (Å²) in [5.41, 5.74) is 3.77. The molecule has 3 heteroatoms. The number of nitrogens with zero attached hydrogens (tertiary/aromatic N) is 1. The van der Waals surface area contributed by atoms with Crippen LogP contribution in [0, 0.1) is 0 Å². The first-order valence-electron chi connectivity index (χ1n) is 6.60. The molecule has 2 aromatic rings. The van der Waals surface area contributed by atoms with Gasteiger partial charge in [0.2, 0.25) is 0 Å². The molecule has 0 saturated carbocycles. The Balaban J connectivity index is 1.77. The number of hydroxylamine groups is 1. The maximum Gasteiger partial charge on any atom is 0.0921 e. The highest BCUT2D eigenvalue weighted by molar-refractivity contribution is 6.30. The Bertz CT molecular complexity index is 613. The molecule has 0 aromatic heterocycles. The van der Waals surface area contributed by atoms with Gasteiger partial charge in [0.05, 0.1) is 17.8 Å². The van der Waals surface area contributed by atoms with Crippen LogP contribution in [0.3, 0.4) is 0 Å². The van der Waals surface area contributed by atoms with Crippen molar-refractivity contribution < 1.29 is 4.84 Å². The van der Waals surface area contributed by atoms with Crippen molar-refractivity contribution in [3.05, 3.63) is 64.7 Å². The third-order valence-corrected chi connectivity index (χ3v) is 4.18. The first kappa shape index (κ1) is 11.3. The zero-order valence-corrected chi connectivity index (χ0v) is 11.2. The molecule has 2 nitrogen and oxygen atoms in total. The highest BCUT2D eigenvalue weighted by Crippen LogP contribution is 2.45. The SMILES string of the molecule is Clc1ccc2c(c1)C[C@@H]1C[C@@H](c3ccccc3)N2O1. The number of halogens is 1. The Kier molecular flexibility index (Phi) is 2.54. The molecule has 2 bridgehead atoms. The van der Waals surface area contributed by atoms with Gasteiger partial charge in [0.1, 0.15) is 0 Å². The summed E-state index contributed by atoms with van der Waals surface area (Å²) in [6, 6.07) is 16.9. The average Bonchev–Trinajstić information content (AvgIpc) is 2.78. The predicted molar refractivity (Wildman–Crippen MR) is 76.3 cm³/mol. The van der Waals surface area contributed by atoms with Gasteiger partial charge in [0.25, 0.3) is 0 Å². The lowest BCUT2D eigenvalue weighted by Gasteiger charge is -2.30. The van der Waals surface area contributed by atoms with Gasteiger partial charge in [0.15, 0.2) is 0 Å². The van der Waals surface area contributed by atoms with Crippen LogP contribution in [-0.4, -0.2) is 6.10 Å². The van der Waals surface area contributed by atoms with Gasteiger partial charge in [-0.1, -0.05) is 41.9 Å². The van der Waals surface area contributed by atoms with E-state index in [1.165, 1.54) is 11.1 Å². The fourth-order valence-electron chi connectivity index (χ4n) is 3.09. The molecule has 19 heavy (non-hydrogen) atoms. The lowest BCUT2D eigenvalue weighted by Crippen LogP contribution is -2.27. The monoisotopic (exact) mass is 271 g/mol. The van der Waals surface area contributed by atoms with E-state index in [4.69, 9.17) is 16.4 Å². The van der Waals surface area contributed by atoms with Crippen LogP contribution in [0.2, 0.25) is 5.02 Å². The van der Waals surface area contributed by atoms with Crippen LogP contribution in [0.5, 0.6) is 0 Å². The summed E-state index contributed by atoms with van der Waals surface area (Å²) in [7, 11) is 0. The van der Waals surface area contributed by atoms with Gasteiger partial charge >= 0.3 is 0 Å². The second-order valence-electron chi connectivity index (χ2n) is 5.19. The van der Waals surface area contributed by atoms with Crippen LogP contribution in [-0.2, 0) is 11.3 Å². The first-order chi connectivity index (χ1) is 9.31. The quantitative estimate of drug-likeness (QED) is 0.773. The Morgan fingerprint density at radius 1 is 1.11 bits per heavy atom. The third kappa shape index (κ3) is 1.83. The van der Waals surface area contributed by atoms with Crippen molar-refractivity contribution in [2.75, 3.05) is 5.06 Å². The second-order valence-corrected chi connectivity index (χ2v) is 5.63. The number of hydrogen-bond donors (Lipinski definition) is 0. The predicted octanol–water partition coefficient (Wildman–Crippen LogP) is 4.15. The second kappa shape index (κ2) is 4.26. The number of benzene rings is 2. The molecule has 0 radical (unpaired) electrons.